The van der Waals surface area contributed by atoms with Crippen LogP contribution in [0, 0.1) is 0 Å². The first-order valence-corrected chi connectivity index (χ1v) is 11.9. The zero-order chi connectivity index (χ0) is 22.0. The van der Waals surface area contributed by atoms with Crippen molar-refractivity contribution < 1.29 is 17.9 Å². The second-order valence-electron chi connectivity index (χ2n) is 7.57. The Bertz CT molecular complexity index is 1200. The lowest BCUT2D eigenvalue weighted by Crippen LogP contribution is -2.31. The Hall–Kier alpha value is -3.26. The average Bonchev–Trinajstić information content (AvgIpc) is 3.30. The highest BCUT2D eigenvalue weighted by Gasteiger charge is 2.33. The van der Waals surface area contributed by atoms with Crippen LogP contribution in [0.5, 0.6) is 5.88 Å². The van der Waals surface area contributed by atoms with Gasteiger partial charge < -0.3 is 9.64 Å². The second-order valence-corrected chi connectivity index (χ2v) is 9.89. The Labute approximate surface area is 181 Å². The number of methoxy groups -OCH3 is 1. The normalized spacial score (nSPS) is 16.3. The number of aromatic nitrogens is 2. The Balaban J connectivity index is 1.73. The van der Waals surface area contributed by atoms with Crippen LogP contribution in [0.3, 0.4) is 0 Å². The highest BCUT2D eigenvalue weighted by molar-refractivity contribution is 7.91. The van der Waals surface area contributed by atoms with E-state index in [1.165, 1.54) is 6.26 Å². The second kappa shape index (κ2) is 8.47. The topological polar surface area (TPSA) is 89.5 Å². The Kier molecular flexibility index (Phi) is 5.73. The lowest BCUT2D eigenvalue weighted by Gasteiger charge is -2.18. The average molecular weight is 438 g/mol. The molecular formula is C23H23N3O4S. The summed E-state index contributed by atoms with van der Waals surface area (Å²) in [5.41, 5.74) is 3.65. The number of benzene rings is 1. The maximum atomic E-state index is 13.1. The summed E-state index contributed by atoms with van der Waals surface area (Å²) in [4.78, 5) is 23.6. The van der Waals surface area contributed by atoms with Crippen molar-refractivity contribution in [3.63, 3.8) is 0 Å². The van der Waals surface area contributed by atoms with Crippen molar-refractivity contribution in [3.8, 4) is 28.3 Å². The maximum absolute atomic E-state index is 13.1. The van der Waals surface area contributed by atoms with Gasteiger partial charge >= 0.3 is 0 Å². The molecule has 7 nitrogen and oxygen atoms in total. The van der Waals surface area contributed by atoms with Gasteiger partial charge in [-0.3, -0.25) is 9.78 Å². The third-order valence-corrected chi connectivity index (χ3v) is 7.07. The zero-order valence-electron chi connectivity index (χ0n) is 17.4. The standard InChI is InChI=1S/C23H23N3O4S/c1-30-21-9-8-17(13-24-21)20-12-18(14-25-22(20)16-6-4-3-5-7-16)23(27)26-11-10-19(15-26)31(2,28)29/h3-9,12-14,19H,10-11,15H2,1-2H3. The molecule has 1 unspecified atom stereocenters. The van der Waals surface area contributed by atoms with E-state index >= 15 is 0 Å². The van der Waals surface area contributed by atoms with Crippen molar-refractivity contribution in [1.82, 2.24) is 14.9 Å². The largest absolute Gasteiger partial charge is 0.481 e. The van der Waals surface area contributed by atoms with Crippen LogP contribution < -0.4 is 4.74 Å². The van der Waals surface area contributed by atoms with Crippen molar-refractivity contribution in [2.75, 3.05) is 26.5 Å². The van der Waals surface area contributed by atoms with E-state index in [9.17, 15) is 13.2 Å². The Morgan fingerprint density at radius 1 is 1.06 bits per heavy atom. The summed E-state index contributed by atoms with van der Waals surface area (Å²) in [6, 6.07) is 15.2. The van der Waals surface area contributed by atoms with E-state index in [1.54, 1.807) is 36.5 Å². The summed E-state index contributed by atoms with van der Waals surface area (Å²) in [5.74, 6) is 0.273. The number of carbonyl (C=O) groups excluding carboxylic acids is 1. The first-order chi connectivity index (χ1) is 14.9. The predicted octanol–water partition coefficient (Wildman–Crippen LogP) is 3.08. The molecule has 0 spiro atoms. The molecule has 0 aliphatic carbocycles. The monoisotopic (exact) mass is 437 g/mol. The number of hydrogen-bond donors (Lipinski definition) is 0. The number of nitrogens with zero attached hydrogens (tertiary/aromatic N) is 3. The van der Waals surface area contributed by atoms with E-state index in [-0.39, 0.29) is 12.5 Å². The Morgan fingerprint density at radius 2 is 1.84 bits per heavy atom. The van der Waals surface area contributed by atoms with Crippen molar-refractivity contribution in [1.29, 1.82) is 0 Å². The summed E-state index contributed by atoms with van der Waals surface area (Å²) < 4.78 is 28.9. The molecule has 0 N–H and O–H groups in total. The molecule has 1 amide bonds. The highest BCUT2D eigenvalue weighted by atomic mass is 32.2. The number of hydrogen-bond acceptors (Lipinski definition) is 6. The molecule has 3 aromatic rings. The fourth-order valence-electron chi connectivity index (χ4n) is 3.73. The molecule has 1 fully saturated rings. The fourth-order valence-corrected chi connectivity index (χ4v) is 4.72. The quantitative estimate of drug-likeness (QED) is 0.609. The molecule has 1 aliphatic rings. The molecule has 4 rings (SSSR count). The number of rotatable bonds is 5. The number of carbonyl (C=O) groups is 1. The van der Waals surface area contributed by atoms with Crippen LogP contribution in [-0.4, -0.2) is 60.9 Å². The van der Waals surface area contributed by atoms with Crippen LogP contribution in [-0.2, 0) is 9.84 Å². The summed E-state index contributed by atoms with van der Waals surface area (Å²) in [6.07, 6.45) is 4.91. The summed E-state index contributed by atoms with van der Waals surface area (Å²) >= 11 is 0. The third kappa shape index (κ3) is 4.44. The molecule has 0 bridgehead atoms. The van der Waals surface area contributed by atoms with Gasteiger partial charge in [-0.05, 0) is 18.6 Å². The first kappa shape index (κ1) is 21.0. The molecule has 1 aromatic carbocycles. The molecule has 3 heterocycles. The van der Waals surface area contributed by atoms with E-state index < -0.39 is 15.1 Å². The minimum atomic E-state index is -3.18. The minimum absolute atomic E-state index is 0.206. The number of likely N-dealkylation sites (tertiary alicyclic amines) is 1. The maximum Gasteiger partial charge on any atom is 0.255 e. The Morgan fingerprint density at radius 3 is 2.45 bits per heavy atom. The smallest absolute Gasteiger partial charge is 0.255 e. The highest BCUT2D eigenvalue weighted by Crippen LogP contribution is 2.32. The van der Waals surface area contributed by atoms with E-state index in [4.69, 9.17) is 4.74 Å². The van der Waals surface area contributed by atoms with E-state index in [0.717, 1.165) is 22.4 Å². The van der Waals surface area contributed by atoms with Gasteiger partial charge in [-0.2, -0.15) is 0 Å². The lowest BCUT2D eigenvalue weighted by molar-refractivity contribution is 0.0793. The predicted molar refractivity (Wildman–Crippen MR) is 119 cm³/mol. The van der Waals surface area contributed by atoms with Gasteiger partial charge in [-0.25, -0.2) is 13.4 Å². The molecule has 1 atom stereocenters. The molecule has 8 heteroatoms. The summed E-state index contributed by atoms with van der Waals surface area (Å²) in [5, 5.41) is -0.516. The van der Waals surface area contributed by atoms with Crippen LogP contribution in [0.4, 0.5) is 0 Å². The number of pyridine rings is 2. The van der Waals surface area contributed by atoms with Gasteiger partial charge in [0.2, 0.25) is 5.88 Å². The van der Waals surface area contributed by atoms with Gasteiger partial charge in [-0.15, -0.1) is 0 Å². The van der Waals surface area contributed by atoms with Gasteiger partial charge in [0.25, 0.3) is 5.91 Å². The van der Waals surface area contributed by atoms with E-state index in [2.05, 4.69) is 9.97 Å². The molecule has 1 saturated heterocycles. The number of amides is 1. The molecule has 0 radical (unpaired) electrons. The van der Waals surface area contributed by atoms with Crippen molar-refractivity contribution >= 4 is 15.7 Å². The number of sulfone groups is 1. The van der Waals surface area contributed by atoms with Crippen LogP contribution >= 0.6 is 0 Å². The van der Waals surface area contributed by atoms with Crippen LogP contribution in [0.1, 0.15) is 16.8 Å². The van der Waals surface area contributed by atoms with Crippen LogP contribution in [0.2, 0.25) is 0 Å². The molecule has 2 aromatic heterocycles. The molecule has 31 heavy (non-hydrogen) atoms. The van der Waals surface area contributed by atoms with E-state index in [0.29, 0.717) is 24.4 Å². The van der Waals surface area contributed by atoms with Gasteiger partial charge in [0.1, 0.15) is 0 Å². The zero-order valence-corrected chi connectivity index (χ0v) is 18.2. The summed E-state index contributed by atoms with van der Waals surface area (Å²) in [7, 11) is -1.63. The molecular weight excluding hydrogens is 414 g/mol. The molecule has 1 aliphatic heterocycles. The van der Waals surface area contributed by atoms with Gasteiger partial charge in [-0.1, -0.05) is 30.3 Å². The fraction of sp³-hybridized carbons (Fsp3) is 0.261. The summed E-state index contributed by atoms with van der Waals surface area (Å²) in [6.45, 7) is 0.619. The first-order valence-electron chi connectivity index (χ1n) is 9.91. The lowest BCUT2D eigenvalue weighted by atomic mass is 9.98. The van der Waals surface area contributed by atoms with Crippen molar-refractivity contribution in [2.24, 2.45) is 0 Å². The molecule has 0 saturated carbocycles. The number of ether oxygens (including phenoxy) is 1. The molecule has 160 valence electrons. The SMILES string of the molecule is COc1ccc(-c2cc(C(=O)N3CCC(S(C)(=O)=O)C3)cnc2-c2ccccc2)cn1. The van der Waals surface area contributed by atoms with E-state index in [1.807, 2.05) is 36.4 Å². The van der Waals surface area contributed by atoms with Gasteiger partial charge in [0, 0.05) is 54.5 Å². The van der Waals surface area contributed by atoms with Crippen molar-refractivity contribution in [3.05, 3.63) is 66.5 Å². The van der Waals surface area contributed by atoms with Crippen LogP contribution in [0.25, 0.3) is 22.4 Å². The van der Waals surface area contributed by atoms with Crippen LogP contribution in [0.15, 0.2) is 60.9 Å². The third-order valence-electron chi connectivity index (χ3n) is 5.48. The van der Waals surface area contributed by atoms with Gasteiger partial charge in [0.15, 0.2) is 9.84 Å². The van der Waals surface area contributed by atoms with Crippen molar-refractivity contribution in [2.45, 2.75) is 11.7 Å². The minimum Gasteiger partial charge on any atom is -0.481 e. The van der Waals surface area contributed by atoms with Gasteiger partial charge in [0.05, 0.1) is 23.6 Å².